The molecular formula is C16H17N3O5. The van der Waals surface area contributed by atoms with E-state index in [9.17, 15) is 20.2 Å². The Morgan fingerprint density at radius 3 is 2.67 bits per heavy atom. The van der Waals surface area contributed by atoms with Crippen LogP contribution in [0.1, 0.15) is 25.8 Å². The van der Waals surface area contributed by atoms with Crippen molar-refractivity contribution in [2.75, 3.05) is 24.7 Å². The van der Waals surface area contributed by atoms with Crippen LogP contribution in [0, 0.1) is 26.9 Å². The molecule has 8 nitrogen and oxygen atoms in total. The van der Waals surface area contributed by atoms with E-state index in [1.807, 2.05) is 0 Å². The van der Waals surface area contributed by atoms with Crippen LogP contribution < -0.4 is 4.90 Å². The van der Waals surface area contributed by atoms with Crippen LogP contribution in [-0.2, 0) is 20.1 Å². The summed E-state index contributed by atoms with van der Waals surface area (Å²) in [6.45, 7) is 4.23. The Bertz CT molecular complexity index is 747. The summed E-state index contributed by atoms with van der Waals surface area (Å²) in [5.74, 6) is -2.09. The summed E-state index contributed by atoms with van der Waals surface area (Å²) in [5, 5.41) is 20.4. The SMILES string of the molecule is CC(C)(C#N)CN1C(=O)C2(OCCCO2)c2cc([N+](=O)[O-])ccc21. The monoisotopic (exact) mass is 331 g/mol. The largest absolute Gasteiger partial charge is 0.338 e. The molecule has 0 atom stereocenters. The van der Waals surface area contributed by atoms with Gasteiger partial charge in [0.2, 0.25) is 0 Å². The molecule has 24 heavy (non-hydrogen) atoms. The number of anilines is 1. The average Bonchev–Trinajstić information content (AvgIpc) is 2.78. The predicted octanol–water partition coefficient (Wildman–Crippen LogP) is 2.08. The number of hydrogen-bond donors (Lipinski definition) is 0. The number of non-ortho nitro benzene ring substituents is 1. The van der Waals surface area contributed by atoms with Gasteiger partial charge in [-0.05, 0) is 26.3 Å². The molecule has 0 N–H and O–H groups in total. The molecular weight excluding hydrogens is 314 g/mol. The summed E-state index contributed by atoms with van der Waals surface area (Å²) < 4.78 is 11.3. The van der Waals surface area contributed by atoms with Crippen molar-refractivity contribution in [3.63, 3.8) is 0 Å². The maximum Gasteiger partial charge on any atom is 0.292 e. The minimum Gasteiger partial charge on any atom is -0.338 e. The second-order valence-electron chi connectivity index (χ2n) is 6.51. The molecule has 1 spiro atoms. The van der Waals surface area contributed by atoms with Gasteiger partial charge in [0.15, 0.2) is 0 Å². The zero-order chi connectivity index (χ0) is 17.5. The number of carbonyl (C=O) groups is 1. The Hall–Kier alpha value is -2.50. The normalized spacial score (nSPS) is 19.2. The fourth-order valence-electron chi connectivity index (χ4n) is 2.94. The first kappa shape index (κ1) is 16.4. The van der Waals surface area contributed by atoms with Crippen molar-refractivity contribution < 1.29 is 19.2 Å². The van der Waals surface area contributed by atoms with Crippen molar-refractivity contribution in [1.82, 2.24) is 0 Å². The Balaban J connectivity index is 2.12. The van der Waals surface area contributed by atoms with Crippen LogP contribution in [0.15, 0.2) is 18.2 Å². The van der Waals surface area contributed by atoms with Crippen LogP contribution in [0.3, 0.4) is 0 Å². The Kier molecular flexibility index (Phi) is 3.78. The summed E-state index contributed by atoms with van der Waals surface area (Å²) in [6, 6.07) is 6.32. The molecule has 0 aromatic heterocycles. The van der Waals surface area contributed by atoms with Crippen LogP contribution in [0.2, 0.25) is 0 Å². The van der Waals surface area contributed by atoms with Gasteiger partial charge in [0.05, 0.1) is 40.9 Å². The molecule has 8 heteroatoms. The number of fused-ring (bicyclic) bond motifs is 2. The summed E-state index contributed by atoms with van der Waals surface area (Å²) in [5.41, 5.74) is -0.111. The number of amides is 1. The molecule has 1 fully saturated rings. The van der Waals surface area contributed by atoms with Crippen LogP contribution in [0.4, 0.5) is 11.4 Å². The van der Waals surface area contributed by atoms with E-state index in [4.69, 9.17) is 9.47 Å². The third-order valence-corrected chi connectivity index (χ3v) is 4.12. The lowest BCUT2D eigenvalue weighted by Crippen LogP contribution is -2.48. The highest BCUT2D eigenvalue weighted by Gasteiger charge is 2.56. The molecule has 2 aliphatic heterocycles. The maximum atomic E-state index is 13.0. The lowest BCUT2D eigenvalue weighted by molar-refractivity contribution is -0.385. The van der Waals surface area contributed by atoms with E-state index in [0.717, 1.165) is 0 Å². The third-order valence-electron chi connectivity index (χ3n) is 4.12. The fraction of sp³-hybridized carbons (Fsp3) is 0.500. The first-order valence-corrected chi connectivity index (χ1v) is 7.61. The van der Waals surface area contributed by atoms with Crippen LogP contribution in [-0.4, -0.2) is 30.6 Å². The van der Waals surface area contributed by atoms with E-state index < -0.39 is 22.0 Å². The quantitative estimate of drug-likeness (QED) is 0.620. The maximum absolute atomic E-state index is 13.0. The van der Waals surface area contributed by atoms with Crippen molar-refractivity contribution >= 4 is 17.3 Å². The Morgan fingerprint density at radius 1 is 1.42 bits per heavy atom. The number of hydrogen-bond acceptors (Lipinski definition) is 6. The highest BCUT2D eigenvalue weighted by molar-refractivity contribution is 6.06. The number of rotatable bonds is 3. The Labute approximate surface area is 138 Å². The zero-order valence-corrected chi connectivity index (χ0v) is 13.4. The number of nitro groups is 1. The highest BCUT2D eigenvalue weighted by atomic mass is 16.7. The summed E-state index contributed by atoms with van der Waals surface area (Å²) in [7, 11) is 0. The van der Waals surface area contributed by atoms with Crippen LogP contribution in [0.5, 0.6) is 0 Å². The third kappa shape index (κ3) is 2.42. The molecule has 1 saturated heterocycles. The van der Waals surface area contributed by atoms with E-state index in [0.29, 0.717) is 30.9 Å². The summed E-state index contributed by atoms with van der Waals surface area (Å²) in [6.07, 6.45) is 0.642. The van der Waals surface area contributed by atoms with E-state index in [1.54, 1.807) is 13.8 Å². The predicted molar refractivity (Wildman–Crippen MR) is 83.0 cm³/mol. The molecule has 0 unspecified atom stereocenters. The number of carbonyl (C=O) groups excluding carboxylic acids is 1. The molecule has 2 aliphatic rings. The van der Waals surface area contributed by atoms with Crippen molar-refractivity contribution in [1.29, 1.82) is 5.26 Å². The van der Waals surface area contributed by atoms with Gasteiger partial charge in [-0.2, -0.15) is 5.26 Å². The van der Waals surface area contributed by atoms with E-state index in [-0.39, 0.29) is 12.2 Å². The first-order valence-electron chi connectivity index (χ1n) is 7.61. The van der Waals surface area contributed by atoms with Gasteiger partial charge < -0.3 is 14.4 Å². The fourth-order valence-corrected chi connectivity index (χ4v) is 2.94. The van der Waals surface area contributed by atoms with Gasteiger partial charge in [0, 0.05) is 18.7 Å². The number of benzene rings is 1. The molecule has 2 heterocycles. The summed E-state index contributed by atoms with van der Waals surface area (Å²) in [4.78, 5) is 25.0. The van der Waals surface area contributed by atoms with Gasteiger partial charge in [-0.25, -0.2) is 0 Å². The van der Waals surface area contributed by atoms with E-state index in [2.05, 4.69) is 6.07 Å². The van der Waals surface area contributed by atoms with Crippen molar-refractivity contribution in [3.8, 4) is 6.07 Å². The van der Waals surface area contributed by atoms with Gasteiger partial charge in [-0.3, -0.25) is 14.9 Å². The zero-order valence-electron chi connectivity index (χ0n) is 13.4. The van der Waals surface area contributed by atoms with Crippen molar-refractivity contribution in [3.05, 3.63) is 33.9 Å². The molecule has 126 valence electrons. The van der Waals surface area contributed by atoms with Gasteiger partial charge in [-0.1, -0.05) is 0 Å². The number of ether oxygens (including phenoxy) is 2. The second-order valence-corrected chi connectivity index (χ2v) is 6.51. The van der Waals surface area contributed by atoms with E-state index in [1.165, 1.54) is 23.1 Å². The molecule has 1 aromatic rings. The molecule has 0 saturated carbocycles. The average molecular weight is 331 g/mol. The molecule has 1 amide bonds. The lowest BCUT2D eigenvalue weighted by Gasteiger charge is -2.33. The minimum absolute atomic E-state index is 0.139. The van der Waals surface area contributed by atoms with Gasteiger partial charge in [0.1, 0.15) is 0 Å². The lowest BCUT2D eigenvalue weighted by atomic mass is 9.95. The molecule has 3 rings (SSSR count). The number of nitrogens with zero attached hydrogens (tertiary/aromatic N) is 3. The van der Waals surface area contributed by atoms with Gasteiger partial charge in [-0.15, -0.1) is 0 Å². The molecule has 0 aliphatic carbocycles. The first-order chi connectivity index (χ1) is 11.3. The van der Waals surface area contributed by atoms with Crippen LogP contribution >= 0.6 is 0 Å². The molecule has 1 aromatic carbocycles. The van der Waals surface area contributed by atoms with Crippen molar-refractivity contribution in [2.24, 2.45) is 5.41 Å². The highest BCUT2D eigenvalue weighted by Crippen LogP contribution is 2.47. The van der Waals surface area contributed by atoms with Crippen LogP contribution in [0.25, 0.3) is 0 Å². The minimum atomic E-state index is -1.65. The number of nitriles is 1. The second kappa shape index (κ2) is 5.54. The summed E-state index contributed by atoms with van der Waals surface area (Å²) >= 11 is 0. The topological polar surface area (TPSA) is 106 Å². The van der Waals surface area contributed by atoms with Gasteiger partial charge >= 0.3 is 0 Å². The van der Waals surface area contributed by atoms with E-state index >= 15 is 0 Å². The molecule has 0 radical (unpaired) electrons. The van der Waals surface area contributed by atoms with Crippen molar-refractivity contribution in [2.45, 2.75) is 26.1 Å². The standard InChI is InChI=1S/C16H17N3O5/c1-15(2,9-17)10-18-13-5-4-11(19(21)22)8-12(13)16(14(18)20)23-6-3-7-24-16/h4-5,8H,3,6-7,10H2,1-2H3. The van der Waals surface area contributed by atoms with Gasteiger partial charge in [0.25, 0.3) is 17.4 Å². The molecule has 0 bridgehead atoms. The number of nitro benzene ring substituents is 1. The Morgan fingerprint density at radius 2 is 2.08 bits per heavy atom. The smallest absolute Gasteiger partial charge is 0.292 e.